The van der Waals surface area contributed by atoms with Gasteiger partial charge < -0.3 is 5.32 Å². The zero-order chi connectivity index (χ0) is 16.2. The van der Waals surface area contributed by atoms with Crippen LogP contribution in [0.4, 0.5) is 5.69 Å². The van der Waals surface area contributed by atoms with Gasteiger partial charge in [0.15, 0.2) is 0 Å². The molecule has 2 aromatic carbocycles. The molecule has 0 aliphatic rings. The van der Waals surface area contributed by atoms with E-state index in [0.717, 1.165) is 11.3 Å². The molecule has 0 unspecified atom stereocenters. The largest absolute Gasteiger partial charge is 0.322 e. The van der Waals surface area contributed by atoms with Crippen LogP contribution in [0.2, 0.25) is 10.0 Å². The molecule has 0 bridgehead atoms. The quantitative estimate of drug-likeness (QED) is 0.700. The molecule has 3 rings (SSSR count). The molecule has 1 heterocycles. The van der Waals surface area contributed by atoms with Crippen molar-refractivity contribution in [1.82, 2.24) is 4.98 Å². The van der Waals surface area contributed by atoms with Crippen LogP contribution in [0.15, 0.2) is 66.9 Å². The fraction of sp³-hybridized carbons (Fsp3) is 0. The number of anilines is 1. The minimum Gasteiger partial charge on any atom is -0.322 e. The van der Waals surface area contributed by atoms with Crippen molar-refractivity contribution in [2.75, 3.05) is 5.32 Å². The third kappa shape index (κ3) is 3.52. The Balaban J connectivity index is 1.90. The summed E-state index contributed by atoms with van der Waals surface area (Å²) < 4.78 is 0. The molecule has 1 N–H and O–H groups in total. The lowest BCUT2D eigenvalue weighted by Gasteiger charge is -2.10. The number of hydrogen-bond donors (Lipinski definition) is 1. The number of benzene rings is 2. The van der Waals surface area contributed by atoms with Gasteiger partial charge in [-0.05, 0) is 42.5 Å². The predicted molar refractivity (Wildman–Crippen MR) is 94.1 cm³/mol. The van der Waals surface area contributed by atoms with Gasteiger partial charge >= 0.3 is 0 Å². The van der Waals surface area contributed by atoms with Crippen LogP contribution in [0.25, 0.3) is 11.3 Å². The van der Waals surface area contributed by atoms with Crippen molar-refractivity contribution in [3.8, 4) is 11.3 Å². The smallest absolute Gasteiger partial charge is 0.257 e. The van der Waals surface area contributed by atoms with Gasteiger partial charge in [0.05, 0.1) is 21.3 Å². The number of nitrogens with zero attached hydrogens (tertiary/aromatic N) is 1. The molecule has 23 heavy (non-hydrogen) atoms. The summed E-state index contributed by atoms with van der Waals surface area (Å²) in [5.41, 5.74) is 2.54. The molecule has 0 saturated carbocycles. The molecule has 0 atom stereocenters. The first-order valence-electron chi connectivity index (χ1n) is 6.92. The molecule has 1 amide bonds. The number of hydrogen-bond acceptors (Lipinski definition) is 2. The van der Waals surface area contributed by atoms with E-state index in [0.29, 0.717) is 21.3 Å². The second-order valence-corrected chi connectivity index (χ2v) is 5.66. The maximum absolute atomic E-state index is 12.3. The van der Waals surface area contributed by atoms with E-state index in [1.54, 1.807) is 48.7 Å². The van der Waals surface area contributed by atoms with Crippen molar-refractivity contribution in [2.24, 2.45) is 0 Å². The average Bonchev–Trinajstić information content (AvgIpc) is 2.57. The molecule has 1 aromatic heterocycles. The molecular formula is C18H12Cl2N2O. The zero-order valence-corrected chi connectivity index (χ0v) is 13.5. The van der Waals surface area contributed by atoms with E-state index in [4.69, 9.17) is 23.2 Å². The van der Waals surface area contributed by atoms with Crippen LogP contribution in [0.1, 0.15) is 10.4 Å². The van der Waals surface area contributed by atoms with E-state index in [1.165, 1.54) is 0 Å². The van der Waals surface area contributed by atoms with Crippen LogP contribution in [0.3, 0.4) is 0 Å². The molecule has 0 saturated heterocycles. The van der Waals surface area contributed by atoms with Crippen LogP contribution in [0.5, 0.6) is 0 Å². The molecular weight excluding hydrogens is 331 g/mol. The highest BCUT2D eigenvalue weighted by molar-refractivity contribution is 6.34. The molecule has 0 radical (unpaired) electrons. The predicted octanol–water partition coefficient (Wildman–Crippen LogP) is 5.31. The minimum absolute atomic E-state index is 0.273. The molecule has 0 aliphatic heterocycles. The van der Waals surface area contributed by atoms with Crippen LogP contribution in [-0.2, 0) is 0 Å². The van der Waals surface area contributed by atoms with Crippen molar-refractivity contribution >= 4 is 34.8 Å². The Morgan fingerprint density at radius 2 is 1.70 bits per heavy atom. The monoisotopic (exact) mass is 342 g/mol. The first kappa shape index (κ1) is 15.5. The van der Waals surface area contributed by atoms with Gasteiger partial charge in [-0.25, -0.2) is 0 Å². The number of amides is 1. The standard InChI is InChI=1S/C18H12Cl2N2O/c19-15-6-2-1-5-13(15)18(23)22-12-8-9-16(20)14(11-12)17-7-3-4-10-21-17/h1-11H,(H,22,23). The maximum atomic E-state index is 12.3. The topological polar surface area (TPSA) is 42.0 Å². The Morgan fingerprint density at radius 3 is 2.43 bits per heavy atom. The molecule has 0 spiro atoms. The van der Waals surface area contributed by atoms with Gasteiger partial charge in [-0.2, -0.15) is 0 Å². The van der Waals surface area contributed by atoms with Gasteiger partial charge in [-0.3, -0.25) is 9.78 Å². The fourth-order valence-corrected chi connectivity index (χ4v) is 2.60. The molecule has 0 fully saturated rings. The average molecular weight is 343 g/mol. The van der Waals surface area contributed by atoms with Gasteiger partial charge in [-0.1, -0.05) is 41.4 Å². The van der Waals surface area contributed by atoms with Crippen molar-refractivity contribution in [3.63, 3.8) is 0 Å². The Hall–Kier alpha value is -2.36. The van der Waals surface area contributed by atoms with E-state index in [9.17, 15) is 4.79 Å². The highest BCUT2D eigenvalue weighted by Crippen LogP contribution is 2.29. The van der Waals surface area contributed by atoms with E-state index >= 15 is 0 Å². The van der Waals surface area contributed by atoms with Gasteiger partial charge in [0, 0.05) is 17.4 Å². The second-order valence-electron chi connectivity index (χ2n) is 4.84. The summed E-state index contributed by atoms with van der Waals surface area (Å²) in [6, 6.07) is 17.7. The number of aromatic nitrogens is 1. The van der Waals surface area contributed by atoms with Crippen molar-refractivity contribution in [2.45, 2.75) is 0 Å². The Morgan fingerprint density at radius 1 is 0.913 bits per heavy atom. The maximum Gasteiger partial charge on any atom is 0.257 e. The van der Waals surface area contributed by atoms with Gasteiger partial charge in [-0.15, -0.1) is 0 Å². The van der Waals surface area contributed by atoms with E-state index < -0.39 is 0 Å². The first-order chi connectivity index (χ1) is 11.1. The van der Waals surface area contributed by atoms with Crippen LogP contribution < -0.4 is 5.32 Å². The first-order valence-corrected chi connectivity index (χ1v) is 7.67. The highest BCUT2D eigenvalue weighted by Gasteiger charge is 2.11. The second kappa shape index (κ2) is 6.82. The number of nitrogens with one attached hydrogen (secondary N) is 1. The Labute approximate surface area is 143 Å². The molecule has 5 heteroatoms. The minimum atomic E-state index is -0.273. The third-order valence-corrected chi connectivity index (χ3v) is 3.94. The number of halogens is 2. The lowest BCUT2D eigenvalue weighted by molar-refractivity contribution is 0.102. The molecule has 0 aliphatic carbocycles. The SMILES string of the molecule is O=C(Nc1ccc(Cl)c(-c2ccccn2)c1)c1ccccc1Cl. The van der Waals surface area contributed by atoms with E-state index in [1.807, 2.05) is 18.2 Å². The Bertz CT molecular complexity index is 851. The Kier molecular flexibility index (Phi) is 4.60. The molecule has 114 valence electrons. The summed E-state index contributed by atoms with van der Waals surface area (Å²) in [5, 5.41) is 3.80. The number of rotatable bonds is 3. The summed E-state index contributed by atoms with van der Waals surface area (Å²) in [6.07, 6.45) is 1.70. The summed E-state index contributed by atoms with van der Waals surface area (Å²) in [5.74, 6) is -0.273. The number of pyridine rings is 1. The fourth-order valence-electron chi connectivity index (χ4n) is 2.17. The summed E-state index contributed by atoms with van der Waals surface area (Å²) >= 11 is 12.3. The summed E-state index contributed by atoms with van der Waals surface area (Å²) in [7, 11) is 0. The van der Waals surface area contributed by atoms with Gasteiger partial charge in [0.2, 0.25) is 0 Å². The van der Waals surface area contributed by atoms with E-state index in [2.05, 4.69) is 10.3 Å². The number of carbonyl (C=O) groups is 1. The van der Waals surface area contributed by atoms with Gasteiger partial charge in [0.1, 0.15) is 0 Å². The zero-order valence-electron chi connectivity index (χ0n) is 12.0. The highest BCUT2D eigenvalue weighted by atomic mass is 35.5. The normalized spacial score (nSPS) is 10.3. The third-order valence-electron chi connectivity index (χ3n) is 3.28. The van der Waals surface area contributed by atoms with E-state index in [-0.39, 0.29) is 5.91 Å². The van der Waals surface area contributed by atoms with Crippen molar-refractivity contribution in [1.29, 1.82) is 0 Å². The summed E-state index contributed by atoms with van der Waals surface area (Å²) in [6.45, 7) is 0. The van der Waals surface area contributed by atoms with Crippen molar-refractivity contribution < 1.29 is 4.79 Å². The molecule has 3 nitrogen and oxygen atoms in total. The lowest BCUT2D eigenvalue weighted by Crippen LogP contribution is -2.12. The lowest BCUT2D eigenvalue weighted by atomic mass is 10.1. The van der Waals surface area contributed by atoms with Crippen molar-refractivity contribution in [3.05, 3.63) is 82.5 Å². The van der Waals surface area contributed by atoms with Gasteiger partial charge in [0.25, 0.3) is 5.91 Å². The summed E-state index contributed by atoms with van der Waals surface area (Å²) in [4.78, 5) is 16.6. The van der Waals surface area contributed by atoms with Crippen LogP contribution in [-0.4, -0.2) is 10.9 Å². The van der Waals surface area contributed by atoms with Crippen LogP contribution in [0, 0.1) is 0 Å². The molecule has 3 aromatic rings. The number of carbonyl (C=O) groups excluding carboxylic acids is 1. The van der Waals surface area contributed by atoms with Crippen LogP contribution >= 0.6 is 23.2 Å².